The Hall–Kier alpha value is -1.40. The molecule has 0 fully saturated rings. The summed E-state index contributed by atoms with van der Waals surface area (Å²) in [5.74, 6) is 0.340. The highest BCUT2D eigenvalue weighted by molar-refractivity contribution is 7.80. The SMILES string of the molecule is CN(C)CCCOc1cccn(CC(N)=S)c1=O. The molecule has 0 amide bonds. The molecule has 1 aromatic heterocycles. The highest BCUT2D eigenvalue weighted by Gasteiger charge is 2.04. The molecule has 0 unspecified atom stereocenters. The second kappa shape index (κ2) is 7.13. The quantitative estimate of drug-likeness (QED) is 0.576. The number of thiocarbonyl (C=S) groups is 1. The number of hydrogen-bond donors (Lipinski definition) is 1. The molecule has 1 rings (SSSR count). The van der Waals surface area contributed by atoms with E-state index in [2.05, 4.69) is 4.90 Å². The van der Waals surface area contributed by atoms with Crippen LogP contribution in [-0.2, 0) is 6.54 Å². The fourth-order valence-electron chi connectivity index (χ4n) is 1.48. The van der Waals surface area contributed by atoms with Gasteiger partial charge in [0.15, 0.2) is 5.75 Å². The number of pyridine rings is 1. The van der Waals surface area contributed by atoms with Crippen molar-refractivity contribution in [2.75, 3.05) is 27.2 Å². The van der Waals surface area contributed by atoms with E-state index in [1.807, 2.05) is 14.1 Å². The summed E-state index contributed by atoms with van der Waals surface area (Å²) in [4.78, 5) is 14.3. The van der Waals surface area contributed by atoms with Gasteiger partial charge in [0.1, 0.15) is 0 Å². The first-order valence-electron chi connectivity index (χ1n) is 5.76. The maximum Gasteiger partial charge on any atom is 0.293 e. The van der Waals surface area contributed by atoms with Crippen molar-refractivity contribution in [2.24, 2.45) is 5.73 Å². The topological polar surface area (TPSA) is 60.5 Å². The van der Waals surface area contributed by atoms with E-state index >= 15 is 0 Å². The zero-order valence-electron chi connectivity index (χ0n) is 10.8. The standard InChI is InChI=1S/C12H19N3O2S/c1-14(2)6-4-8-17-10-5-3-7-15(12(10)16)9-11(13)18/h3,5,7H,4,6,8-9H2,1-2H3,(H2,13,18). The van der Waals surface area contributed by atoms with Crippen LogP contribution in [0.4, 0.5) is 0 Å². The van der Waals surface area contributed by atoms with Crippen molar-refractivity contribution in [1.29, 1.82) is 0 Å². The third-order valence-electron chi connectivity index (χ3n) is 2.32. The molecule has 1 aromatic rings. The van der Waals surface area contributed by atoms with Crippen molar-refractivity contribution in [1.82, 2.24) is 9.47 Å². The summed E-state index contributed by atoms with van der Waals surface area (Å²) in [7, 11) is 4.00. The Bertz CT molecular complexity index is 457. The molecule has 5 nitrogen and oxygen atoms in total. The highest BCUT2D eigenvalue weighted by Crippen LogP contribution is 2.02. The third kappa shape index (κ3) is 4.85. The molecule has 0 aliphatic heterocycles. The molecular weight excluding hydrogens is 250 g/mol. The van der Waals surface area contributed by atoms with Crippen molar-refractivity contribution < 1.29 is 4.74 Å². The summed E-state index contributed by atoms with van der Waals surface area (Å²) >= 11 is 4.79. The summed E-state index contributed by atoms with van der Waals surface area (Å²) in [6.07, 6.45) is 2.52. The van der Waals surface area contributed by atoms with Crippen molar-refractivity contribution in [2.45, 2.75) is 13.0 Å². The molecule has 0 aliphatic rings. The summed E-state index contributed by atoms with van der Waals surface area (Å²) < 4.78 is 6.91. The van der Waals surface area contributed by atoms with Crippen LogP contribution in [0, 0.1) is 0 Å². The van der Waals surface area contributed by atoms with E-state index in [1.165, 1.54) is 4.57 Å². The molecule has 0 aromatic carbocycles. The van der Waals surface area contributed by atoms with Gasteiger partial charge in [0.05, 0.1) is 18.1 Å². The van der Waals surface area contributed by atoms with E-state index in [4.69, 9.17) is 22.7 Å². The molecule has 18 heavy (non-hydrogen) atoms. The van der Waals surface area contributed by atoms with Crippen molar-refractivity contribution in [3.05, 3.63) is 28.7 Å². The molecule has 0 spiro atoms. The molecule has 6 heteroatoms. The Labute approximate surface area is 112 Å². The summed E-state index contributed by atoms with van der Waals surface area (Å²) in [6, 6.07) is 3.41. The van der Waals surface area contributed by atoms with E-state index in [9.17, 15) is 4.79 Å². The molecular formula is C12H19N3O2S. The van der Waals surface area contributed by atoms with Gasteiger partial charge in [-0.05, 0) is 32.6 Å². The number of hydrogen-bond acceptors (Lipinski definition) is 4. The van der Waals surface area contributed by atoms with Crippen LogP contribution in [0.2, 0.25) is 0 Å². The van der Waals surface area contributed by atoms with Crippen LogP contribution in [-0.4, -0.2) is 41.7 Å². The minimum Gasteiger partial charge on any atom is -0.488 e. The van der Waals surface area contributed by atoms with Crippen LogP contribution >= 0.6 is 12.2 Å². The van der Waals surface area contributed by atoms with Gasteiger partial charge in [-0.25, -0.2) is 0 Å². The maximum absolute atomic E-state index is 11.9. The van der Waals surface area contributed by atoms with E-state index in [0.29, 0.717) is 12.4 Å². The molecule has 0 saturated heterocycles. The van der Waals surface area contributed by atoms with Gasteiger partial charge in [-0.3, -0.25) is 4.79 Å². The largest absolute Gasteiger partial charge is 0.488 e. The van der Waals surface area contributed by atoms with Gasteiger partial charge in [-0.1, -0.05) is 12.2 Å². The zero-order valence-corrected chi connectivity index (χ0v) is 11.6. The van der Waals surface area contributed by atoms with Gasteiger partial charge in [-0.15, -0.1) is 0 Å². The molecule has 0 aliphatic carbocycles. The third-order valence-corrected chi connectivity index (χ3v) is 2.45. The Morgan fingerprint density at radius 3 is 2.89 bits per heavy atom. The van der Waals surface area contributed by atoms with Gasteiger partial charge >= 0.3 is 0 Å². The molecule has 0 bridgehead atoms. The maximum atomic E-state index is 11.9. The predicted molar refractivity (Wildman–Crippen MR) is 76.2 cm³/mol. The Kier molecular flexibility index (Phi) is 5.80. The molecule has 1 heterocycles. The van der Waals surface area contributed by atoms with Gasteiger partial charge in [0, 0.05) is 12.7 Å². The lowest BCUT2D eigenvalue weighted by atomic mass is 10.4. The summed E-state index contributed by atoms with van der Waals surface area (Å²) in [6.45, 7) is 1.68. The molecule has 100 valence electrons. The predicted octanol–water partition coefficient (Wildman–Crippen LogP) is 0.465. The van der Waals surface area contributed by atoms with Gasteiger partial charge < -0.3 is 19.9 Å². The summed E-state index contributed by atoms with van der Waals surface area (Å²) in [5, 5.41) is 0. The lowest BCUT2D eigenvalue weighted by Crippen LogP contribution is -2.27. The molecule has 0 radical (unpaired) electrons. The lowest BCUT2D eigenvalue weighted by molar-refractivity contribution is 0.277. The van der Waals surface area contributed by atoms with Crippen LogP contribution in [0.25, 0.3) is 0 Å². The number of nitrogens with two attached hydrogens (primary N) is 1. The van der Waals surface area contributed by atoms with E-state index in [1.54, 1.807) is 18.3 Å². The van der Waals surface area contributed by atoms with Crippen LogP contribution in [0.15, 0.2) is 23.1 Å². The van der Waals surface area contributed by atoms with Gasteiger partial charge in [0.2, 0.25) is 0 Å². The Balaban J connectivity index is 2.61. The smallest absolute Gasteiger partial charge is 0.293 e. The van der Waals surface area contributed by atoms with Crippen LogP contribution < -0.4 is 16.0 Å². The van der Waals surface area contributed by atoms with E-state index in [-0.39, 0.29) is 17.1 Å². The minimum atomic E-state index is -0.199. The number of rotatable bonds is 7. The lowest BCUT2D eigenvalue weighted by Gasteiger charge is -2.11. The highest BCUT2D eigenvalue weighted by atomic mass is 32.1. The number of aromatic nitrogens is 1. The number of ether oxygens (including phenoxy) is 1. The zero-order chi connectivity index (χ0) is 13.5. The monoisotopic (exact) mass is 269 g/mol. The first-order valence-corrected chi connectivity index (χ1v) is 6.17. The Morgan fingerprint density at radius 2 is 2.28 bits per heavy atom. The van der Waals surface area contributed by atoms with Gasteiger partial charge in [0.25, 0.3) is 5.56 Å². The molecule has 0 atom stereocenters. The second-order valence-corrected chi connectivity index (χ2v) is 4.80. The first-order chi connectivity index (χ1) is 8.50. The molecule has 0 saturated carbocycles. The fraction of sp³-hybridized carbons (Fsp3) is 0.500. The van der Waals surface area contributed by atoms with E-state index < -0.39 is 0 Å². The average Bonchev–Trinajstić information content (AvgIpc) is 2.28. The Morgan fingerprint density at radius 1 is 1.56 bits per heavy atom. The van der Waals surface area contributed by atoms with Crippen molar-refractivity contribution in [3.63, 3.8) is 0 Å². The average molecular weight is 269 g/mol. The fourth-order valence-corrected chi connectivity index (χ4v) is 1.62. The number of nitrogens with zero attached hydrogens (tertiary/aromatic N) is 2. The normalized spacial score (nSPS) is 10.6. The van der Waals surface area contributed by atoms with Gasteiger partial charge in [-0.2, -0.15) is 0 Å². The molecule has 2 N–H and O–H groups in total. The second-order valence-electron chi connectivity index (χ2n) is 4.28. The van der Waals surface area contributed by atoms with Crippen LogP contribution in [0.3, 0.4) is 0 Å². The first kappa shape index (κ1) is 14.7. The van der Waals surface area contributed by atoms with Crippen LogP contribution in [0.5, 0.6) is 5.75 Å². The van der Waals surface area contributed by atoms with Crippen molar-refractivity contribution >= 4 is 17.2 Å². The van der Waals surface area contributed by atoms with E-state index in [0.717, 1.165) is 13.0 Å². The minimum absolute atomic E-state index is 0.199. The van der Waals surface area contributed by atoms with Crippen LogP contribution in [0.1, 0.15) is 6.42 Å². The van der Waals surface area contributed by atoms with Crippen molar-refractivity contribution in [3.8, 4) is 5.75 Å². The summed E-state index contributed by atoms with van der Waals surface area (Å²) in [5.41, 5.74) is 5.22.